The maximum absolute atomic E-state index is 6.78. The van der Waals surface area contributed by atoms with E-state index in [1.165, 1.54) is 167 Å². The van der Waals surface area contributed by atoms with Gasteiger partial charge in [0.05, 0.1) is 106 Å². The van der Waals surface area contributed by atoms with Crippen molar-refractivity contribution in [3.05, 3.63) is 132 Å². The summed E-state index contributed by atoms with van der Waals surface area (Å²) in [6.07, 6.45) is 46.2. The van der Waals surface area contributed by atoms with Crippen LogP contribution in [0.15, 0.2) is 115 Å². The SMILES string of the molecule is CCCCCCCC/C=C\CCCCCCCCOCC(COCCOCCOCCOCCOCCOCCOCCOC(c1ccccc1)(c1ccccc1)c1ccccc1)OCCCCCCCC/C=C\CCCCCCCC. The zero-order valence-corrected chi connectivity index (χ0v) is 52.2. The number of benzene rings is 3. The number of allylic oxidation sites excluding steroid dienone is 4. The van der Waals surface area contributed by atoms with Crippen molar-refractivity contribution in [2.24, 2.45) is 0 Å². The van der Waals surface area contributed by atoms with Gasteiger partial charge >= 0.3 is 0 Å². The Morgan fingerprint density at radius 2 is 0.549 bits per heavy atom. The van der Waals surface area contributed by atoms with Gasteiger partial charge in [-0.2, -0.15) is 0 Å². The molecule has 1 unspecified atom stereocenters. The average Bonchev–Trinajstić information content (AvgIpc) is 3.52. The second-order valence-corrected chi connectivity index (χ2v) is 21.8. The van der Waals surface area contributed by atoms with E-state index in [9.17, 15) is 0 Å². The van der Waals surface area contributed by atoms with E-state index in [4.69, 9.17) is 47.4 Å². The van der Waals surface area contributed by atoms with E-state index >= 15 is 0 Å². The van der Waals surface area contributed by atoms with Crippen LogP contribution in [0.2, 0.25) is 0 Å². The Bertz CT molecular complexity index is 1700. The monoisotopic (exact) mass is 1140 g/mol. The average molecular weight is 1140 g/mol. The van der Waals surface area contributed by atoms with Crippen LogP contribution in [0.4, 0.5) is 0 Å². The highest BCUT2D eigenvalue weighted by molar-refractivity contribution is 5.47. The number of hydrogen-bond acceptors (Lipinski definition) is 10. The molecule has 0 spiro atoms. The van der Waals surface area contributed by atoms with E-state index in [0.717, 1.165) is 42.7 Å². The predicted octanol–water partition coefficient (Wildman–Crippen LogP) is 17.6. The Balaban J connectivity index is 1.14. The molecule has 0 bridgehead atoms. The second-order valence-electron chi connectivity index (χ2n) is 21.8. The van der Waals surface area contributed by atoms with Gasteiger partial charge in [0, 0.05) is 13.2 Å². The van der Waals surface area contributed by atoms with Gasteiger partial charge in [-0.15, -0.1) is 0 Å². The molecule has 10 nitrogen and oxygen atoms in total. The van der Waals surface area contributed by atoms with Crippen molar-refractivity contribution in [1.29, 1.82) is 0 Å². The van der Waals surface area contributed by atoms with E-state index < -0.39 is 5.60 Å². The molecule has 3 aromatic carbocycles. The molecular weight excluding hydrogens is 1020 g/mol. The quantitative estimate of drug-likeness (QED) is 0.0309. The highest BCUT2D eigenvalue weighted by atomic mass is 16.6. The van der Waals surface area contributed by atoms with Crippen molar-refractivity contribution in [3.63, 3.8) is 0 Å². The van der Waals surface area contributed by atoms with Crippen molar-refractivity contribution >= 4 is 0 Å². The molecule has 0 N–H and O–H groups in total. The van der Waals surface area contributed by atoms with Gasteiger partial charge in [-0.1, -0.05) is 245 Å². The molecule has 10 heteroatoms. The van der Waals surface area contributed by atoms with Crippen molar-refractivity contribution in [2.45, 2.75) is 205 Å². The first-order chi connectivity index (χ1) is 40.8. The van der Waals surface area contributed by atoms with Crippen molar-refractivity contribution in [3.8, 4) is 0 Å². The lowest BCUT2D eigenvalue weighted by Gasteiger charge is -2.36. The van der Waals surface area contributed by atoms with Gasteiger partial charge in [-0.05, 0) is 80.9 Å². The standard InChI is InChI=1S/C72H118O10/c1-3-5-7-9-11-13-15-17-19-21-23-25-27-29-31-42-50-79-66-71(81-51-43-32-30-28-26-24-22-20-18-16-14-12-10-8-6-4-2)67-80-63-62-77-59-58-75-55-54-73-52-53-74-56-57-76-60-61-78-64-65-82-72(68-44-36-33-37-45-68,69-46-38-34-39-47-69)70-48-40-35-41-49-70/h17-20,33-41,44-49,71H,3-16,21-32,42-43,50-67H2,1-2H3/b19-17-,20-18-. The second kappa shape index (κ2) is 56.8. The number of rotatable bonds is 62. The van der Waals surface area contributed by atoms with Gasteiger partial charge in [0.2, 0.25) is 0 Å². The molecule has 0 saturated heterocycles. The van der Waals surface area contributed by atoms with Crippen LogP contribution < -0.4 is 0 Å². The van der Waals surface area contributed by atoms with Crippen LogP contribution in [0, 0.1) is 0 Å². The maximum Gasteiger partial charge on any atom is 0.143 e. The Kier molecular flexibility index (Phi) is 50.6. The highest BCUT2D eigenvalue weighted by Gasteiger charge is 2.37. The van der Waals surface area contributed by atoms with Gasteiger partial charge in [-0.3, -0.25) is 0 Å². The van der Waals surface area contributed by atoms with Crippen molar-refractivity contribution in [1.82, 2.24) is 0 Å². The van der Waals surface area contributed by atoms with Crippen LogP contribution in [0.5, 0.6) is 0 Å². The van der Waals surface area contributed by atoms with E-state index in [1.54, 1.807) is 0 Å². The van der Waals surface area contributed by atoms with Gasteiger partial charge in [0.25, 0.3) is 0 Å². The third-order valence-electron chi connectivity index (χ3n) is 14.7. The molecule has 0 aliphatic carbocycles. The summed E-state index contributed by atoms with van der Waals surface area (Å²) in [4.78, 5) is 0. The molecule has 0 saturated carbocycles. The fourth-order valence-electron chi connectivity index (χ4n) is 9.97. The highest BCUT2D eigenvalue weighted by Crippen LogP contribution is 2.40. The summed E-state index contributed by atoms with van der Waals surface area (Å²) >= 11 is 0. The summed E-state index contributed by atoms with van der Waals surface area (Å²) in [5, 5.41) is 0. The molecule has 1 atom stereocenters. The van der Waals surface area contributed by atoms with Crippen LogP contribution in [0.25, 0.3) is 0 Å². The zero-order chi connectivity index (χ0) is 57.8. The smallest absolute Gasteiger partial charge is 0.143 e. The lowest BCUT2D eigenvalue weighted by Crippen LogP contribution is -2.34. The third kappa shape index (κ3) is 40.1. The lowest BCUT2D eigenvalue weighted by atomic mass is 9.80. The van der Waals surface area contributed by atoms with Gasteiger partial charge in [-0.25, -0.2) is 0 Å². The molecule has 0 fully saturated rings. The molecule has 0 radical (unpaired) electrons. The van der Waals surface area contributed by atoms with Crippen LogP contribution in [0.1, 0.15) is 210 Å². The van der Waals surface area contributed by atoms with Crippen LogP contribution in [-0.4, -0.2) is 125 Å². The molecule has 3 aromatic rings. The maximum atomic E-state index is 6.78. The summed E-state index contributed by atoms with van der Waals surface area (Å²) in [6, 6.07) is 31.2. The fraction of sp³-hybridized carbons (Fsp3) is 0.694. The zero-order valence-electron chi connectivity index (χ0n) is 52.2. The summed E-state index contributed by atoms with van der Waals surface area (Å²) < 4.78 is 59.7. The molecular formula is C72H118O10. The fourth-order valence-corrected chi connectivity index (χ4v) is 9.97. The van der Waals surface area contributed by atoms with Gasteiger partial charge < -0.3 is 47.4 Å². The van der Waals surface area contributed by atoms with Crippen molar-refractivity contribution < 1.29 is 47.4 Å². The molecule has 0 aliphatic heterocycles. The predicted molar refractivity (Wildman–Crippen MR) is 340 cm³/mol. The van der Waals surface area contributed by atoms with Crippen molar-refractivity contribution in [2.75, 3.05) is 119 Å². The molecule has 82 heavy (non-hydrogen) atoms. The van der Waals surface area contributed by atoms with E-state index in [1.807, 2.05) is 18.2 Å². The van der Waals surface area contributed by atoms with Gasteiger partial charge in [0.1, 0.15) is 11.7 Å². The van der Waals surface area contributed by atoms with Crippen LogP contribution in [-0.2, 0) is 53.0 Å². The summed E-state index contributed by atoms with van der Waals surface area (Å²) in [5.74, 6) is 0. The summed E-state index contributed by atoms with van der Waals surface area (Å²) in [5.41, 5.74) is 2.46. The molecule has 0 amide bonds. The molecule has 0 aliphatic rings. The first kappa shape index (κ1) is 73.0. The first-order valence-electron chi connectivity index (χ1n) is 33.1. The topological polar surface area (TPSA) is 92.3 Å². The Hall–Kier alpha value is -3.26. The molecule has 466 valence electrons. The minimum Gasteiger partial charge on any atom is -0.379 e. The number of hydrogen-bond donors (Lipinski definition) is 0. The first-order valence-corrected chi connectivity index (χ1v) is 33.1. The van der Waals surface area contributed by atoms with E-state index in [-0.39, 0.29) is 6.10 Å². The summed E-state index contributed by atoms with van der Waals surface area (Å²) in [7, 11) is 0. The Morgan fingerprint density at radius 3 is 0.890 bits per heavy atom. The Morgan fingerprint density at radius 1 is 0.280 bits per heavy atom. The third-order valence-corrected chi connectivity index (χ3v) is 14.7. The molecule has 3 rings (SSSR count). The van der Waals surface area contributed by atoms with Crippen LogP contribution >= 0.6 is 0 Å². The van der Waals surface area contributed by atoms with Gasteiger partial charge in [0.15, 0.2) is 0 Å². The molecule has 0 aromatic heterocycles. The largest absolute Gasteiger partial charge is 0.379 e. The lowest BCUT2D eigenvalue weighted by molar-refractivity contribution is -0.0702. The molecule has 0 heterocycles. The van der Waals surface area contributed by atoms with Crippen LogP contribution in [0.3, 0.4) is 0 Å². The van der Waals surface area contributed by atoms with E-state index in [0.29, 0.717) is 106 Å². The summed E-state index contributed by atoms with van der Waals surface area (Å²) in [6.45, 7) is 14.1. The minimum atomic E-state index is -0.755. The minimum absolute atomic E-state index is 0.0588. The number of ether oxygens (including phenoxy) is 10. The van der Waals surface area contributed by atoms with E-state index in [2.05, 4.69) is 111 Å². The normalized spacial score (nSPS) is 12.4. The number of unbranched alkanes of at least 4 members (excludes halogenated alkanes) is 24. The Labute approximate surface area is 501 Å².